The number of hydrogen-bond acceptors (Lipinski definition) is 4. The lowest BCUT2D eigenvalue weighted by Gasteiger charge is -2.25. The molecule has 1 aromatic rings. The fraction of sp³-hybridized carbons (Fsp3) is 0.500. The average molecular weight is 371 g/mol. The third kappa shape index (κ3) is 3.74. The molecule has 4 nitrogen and oxygen atoms in total. The Hall–Kier alpha value is -0.0200. The van der Waals surface area contributed by atoms with Crippen LogP contribution in [0.2, 0.25) is 0 Å². The number of hydrogen-bond donors (Lipinski definition) is 1. The van der Waals surface area contributed by atoms with Gasteiger partial charge in [-0.05, 0) is 41.2 Å². The van der Waals surface area contributed by atoms with Gasteiger partial charge in [0, 0.05) is 23.5 Å². The molecule has 0 radical (unpaired) electrons. The standard InChI is InChI=1S/C10H15BrN2O2S3/c1-7(2)13(5-3-9(12)16)18(14,15)10-8(11)4-6-17-10/h4,6-7H,3,5H2,1-2H3,(H2,12,16). The number of rotatable bonds is 6. The van der Waals surface area contributed by atoms with E-state index in [4.69, 9.17) is 18.0 Å². The third-order valence-electron chi connectivity index (χ3n) is 2.28. The smallest absolute Gasteiger partial charge is 0.253 e. The summed E-state index contributed by atoms with van der Waals surface area (Å²) < 4.78 is 27.3. The molecule has 1 heterocycles. The third-order valence-corrected chi connectivity index (χ3v) is 7.21. The number of nitrogens with two attached hydrogens (primary N) is 1. The van der Waals surface area contributed by atoms with Gasteiger partial charge in [0.15, 0.2) is 0 Å². The summed E-state index contributed by atoms with van der Waals surface area (Å²) in [6, 6.07) is 1.59. The van der Waals surface area contributed by atoms with Crippen molar-refractivity contribution in [3.05, 3.63) is 15.9 Å². The molecule has 8 heteroatoms. The second kappa shape index (κ2) is 6.42. The molecule has 0 spiro atoms. The van der Waals surface area contributed by atoms with Crippen LogP contribution in [-0.2, 0) is 10.0 Å². The Morgan fingerprint density at radius 1 is 1.61 bits per heavy atom. The van der Waals surface area contributed by atoms with Gasteiger partial charge in [0.1, 0.15) is 4.21 Å². The summed E-state index contributed by atoms with van der Waals surface area (Å²) in [5.74, 6) is 0. The lowest BCUT2D eigenvalue weighted by atomic mass is 10.3. The van der Waals surface area contributed by atoms with Crippen LogP contribution in [0.15, 0.2) is 20.1 Å². The van der Waals surface area contributed by atoms with Crippen molar-refractivity contribution in [2.75, 3.05) is 6.54 Å². The second-order valence-corrected chi connectivity index (χ2v) is 8.36. The Labute approximate surface area is 125 Å². The van der Waals surface area contributed by atoms with Crippen LogP contribution in [0.25, 0.3) is 0 Å². The highest BCUT2D eigenvalue weighted by Gasteiger charge is 2.29. The Balaban J connectivity index is 3.05. The Morgan fingerprint density at radius 2 is 2.22 bits per heavy atom. The fourth-order valence-corrected chi connectivity index (χ4v) is 5.60. The van der Waals surface area contributed by atoms with Crippen LogP contribution < -0.4 is 5.73 Å². The van der Waals surface area contributed by atoms with Crippen molar-refractivity contribution in [3.8, 4) is 0 Å². The molecule has 0 bridgehead atoms. The van der Waals surface area contributed by atoms with E-state index < -0.39 is 10.0 Å². The quantitative estimate of drug-likeness (QED) is 0.781. The number of sulfonamides is 1. The fourth-order valence-electron chi connectivity index (χ4n) is 1.45. The number of thiocarbonyl (C=S) groups is 1. The van der Waals surface area contributed by atoms with E-state index >= 15 is 0 Å². The van der Waals surface area contributed by atoms with Crippen molar-refractivity contribution in [1.82, 2.24) is 4.31 Å². The molecule has 0 aliphatic heterocycles. The van der Waals surface area contributed by atoms with Gasteiger partial charge in [0.25, 0.3) is 10.0 Å². The molecule has 0 unspecified atom stereocenters. The Kier molecular flexibility index (Phi) is 5.72. The first kappa shape index (κ1) is 16.0. The highest BCUT2D eigenvalue weighted by atomic mass is 79.9. The molecule has 2 N–H and O–H groups in total. The molecule has 18 heavy (non-hydrogen) atoms. The van der Waals surface area contributed by atoms with Crippen LogP contribution in [0.5, 0.6) is 0 Å². The first-order chi connectivity index (χ1) is 8.26. The maximum Gasteiger partial charge on any atom is 0.253 e. The van der Waals surface area contributed by atoms with Gasteiger partial charge in [-0.3, -0.25) is 0 Å². The molecule has 0 aliphatic carbocycles. The zero-order valence-corrected chi connectivity index (χ0v) is 14.1. The summed E-state index contributed by atoms with van der Waals surface area (Å²) in [7, 11) is -3.49. The summed E-state index contributed by atoms with van der Waals surface area (Å²) in [6.45, 7) is 3.97. The first-order valence-corrected chi connectivity index (χ1v) is 8.82. The monoisotopic (exact) mass is 370 g/mol. The summed E-state index contributed by atoms with van der Waals surface area (Å²) in [5, 5.41) is 1.74. The first-order valence-electron chi connectivity index (χ1n) is 5.30. The van der Waals surface area contributed by atoms with Gasteiger partial charge in [-0.1, -0.05) is 12.2 Å². The highest BCUT2D eigenvalue weighted by molar-refractivity contribution is 9.10. The molecule has 0 amide bonds. The largest absolute Gasteiger partial charge is 0.393 e. The molecule has 0 saturated carbocycles. The van der Waals surface area contributed by atoms with Crippen LogP contribution >= 0.6 is 39.5 Å². The van der Waals surface area contributed by atoms with E-state index in [1.165, 1.54) is 15.6 Å². The lowest BCUT2D eigenvalue weighted by molar-refractivity contribution is 0.363. The van der Waals surface area contributed by atoms with Gasteiger partial charge in [-0.15, -0.1) is 11.3 Å². The minimum Gasteiger partial charge on any atom is -0.393 e. The molecule has 1 aromatic heterocycles. The topological polar surface area (TPSA) is 63.4 Å². The number of thiophene rings is 1. The summed E-state index contributed by atoms with van der Waals surface area (Å²) >= 11 is 9.25. The zero-order valence-electron chi connectivity index (χ0n) is 10.1. The molecule has 102 valence electrons. The van der Waals surface area contributed by atoms with Crippen LogP contribution in [0.3, 0.4) is 0 Å². The maximum absolute atomic E-state index is 12.5. The van der Waals surface area contributed by atoms with Gasteiger partial charge >= 0.3 is 0 Å². The summed E-state index contributed by atoms with van der Waals surface area (Å²) in [5.41, 5.74) is 5.44. The molecule has 0 saturated heterocycles. The molecular weight excluding hydrogens is 356 g/mol. The minimum absolute atomic E-state index is 0.140. The maximum atomic E-state index is 12.5. The summed E-state index contributed by atoms with van der Waals surface area (Å²) in [4.78, 5) is 0.320. The molecular formula is C10H15BrN2O2S3. The van der Waals surface area contributed by atoms with E-state index in [2.05, 4.69) is 15.9 Å². The van der Waals surface area contributed by atoms with Crippen molar-refractivity contribution in [2.45, 2.75) is 30.5 Å². The number of halogens is 1. The van der Waals surface area contributed by atoms with Gasteiger partial charge in [-0.25, -0.2) is 8.42 Å². The molecule has 0 atom stereocenters. The predicted octanol–water partition coefficient (Wildman–Crippen LogP) is 2.59. The van der Waals surface area contributed by atoms with E-state index in [1.807, 2.05) is 13.8 Å². The minimum atomic E-state index is -3.49. The Morgan fingerprint density at radius 3 is 2.61 bits per heavy atom. The van der Waals surface area contributed by atoms with E-state index in [0.29, 0.717) is 26.6 Å². The molecule has 0 aliphatic rings. The second-order valence-electron chi connectivity index (χ2n) is 3.98. The molecule has 1 rings (SSSR count). The molecule has 0 aromatic carbocycles. The summed E-state index contributed by atoms with van der Waals surface area (Å²) in [6.07, 6.45) is 0.385. The van der Waals surface area contributed by atoms with Crippen molar-refractivity contribution in [2.24, 2.45) is 5.73 Å². The zero-order chi connectivity index (χ0) is 13.9. The van der Waals surface area contributed by atoms with Gasteiger partial charge in [0.05, 0.1) is 4.99 Å². The van der Waals surface area contributed by atoms with Crippen LogP contribution in [-0.4, -0.2) is 30.3 Å². The molecule has 0 fully saturated rings. The average Bonchev–Trinajstić information content (AvgIpc) is 2.63. The normalized spacial score (nSPS) is 12.3. The highest BCUT2D eigenvalue weighted by Crippen LogP contribution is 2.31. The van der Waals surface area contributed by atoms with Gasteiger partial charge in [-0.2, -0.15) is 4.31 Å². The van der Waals surface area contributed by atoms with Crippen molar-refractivity contribution in [3.63, 3.8) is 0 Å². The van der Waals surface area contributed by atoms with Gasteiger partial charge < -0.3 is 5.73 Å². The van der Waals surface area contributed by atoms with Crippen molar-refractivity contribution >= 4 is 54.5 Å². The van der Waals surface area contributed by atoms with Crippen molar-refractivity contribution < 1.29 is 8.42 Å². The van der Waals surface area contributed by atoms with Gasteiger partial charge in [0.2, 0.25) is 0 Å². The van der Waals surface area contributed by atoms with E-state index in [9.17, 15) is 8.42 Å². The lowest BCUT2D eigenvalue weighted by Crippen LogP contribution is -2.38. The van der Waals surface area contributed by atoms with E-state index in [0.717, 1.165) is 0 Å². The predicted molar refractivity (Wildman–Crippen MR) is 82.4 cm³/mol. The van der Waals surface area contributed by atoms with Crippen LogP contribution in [0.1, 0.15) is 20.3 Å². The van der Waals surface area contributed by atoms with E-state index in [-0.39, 0.29) is 6.04 Å². The van der Waals surface area contributed by atoms with Crippen LogP contribution in [0, 0.1) is 0 Å². The number of nitrogens with zero attached hydrogens (tertiary/aromatic N) is 1. The van der Waals surface area contributed by atoms with Crippen molar-refractivity contribution in [1.29, 1.82) is 0 Å². The van der Waals surface area contributed by atoms with Crippen LogP contribution in [0.4, 0.5) is 0 Å². The Bertz CT molecular complexity index is 525. The SMILES string of the molecule is CC(C)N(CCC(N)=S)S(=O)(=O)c1sccc1Br. The van der Waals surface area contributed by atoms with E-state index in [1.54, 1.807) is 11.4 Å².